The quantitative estimate of drug-likeness (QED) is 0.886. The summed E-state index contributed by atoms with van der Waals surface area (Å²) >= 11 is 1.22. The smallest absolute Gasteiger partial charge is 0.227 e. The van der Waals surface area contributed by atoms with Gasteiger partial charge in [-0.15, -0.1) is 0 Å². The summed E-state index contributed by atoms with van der Waals surface area (Å²) in [5.74, 6) is -1.06. The second-order valence-electron chi connectivity index (χ2n) is 4.11. The van der Waals surface area contributed by atoms with Crippen molar-refractivity contribution < 1.29 is 13.9 Å². The van der Waals surface area contributed by atoms with Crippen LogP contribution in [0.1, 0.15) is 24.6 Å². The zero-order valence-electron chi connectivity index (χ0n) is 9.87. The zero-order valence-corrected chi connectivity index (χ0v) is 10.7. The standard InChI is InChI=1S/C12H12F2N2OS/c1-6(2)10-11(17)16-12(18-10)15-9-5-7(13)3-4-8(9)14/h3-6,17H,1-2H3,(H,15,16). The van der Waals surface area contributed by atoms with Gasteiger partial charge >= 0.3 is 0 Å². The van der Waals surface area contributed by atoms with Crippen molar-refractivity contribution >= 4 is 22.2 Å². The minimum atomic E-state index is -0.572. The molecule has 18 heavy (non-hydrogen) atoms. The molecule has 0 spiro atoms. The van der Waals surface area contributed by atoms with Crippen LogP contribution in [0, 0.1) is 11.6 Å². The molecule has 0 saturated heterocycles. The van der Waals surface area contributed by atoms with Gasteiger partial charge in [0.05, 0.1) is 10.6 Å². The highest BCUT2D eigenvalue weighted by Crippen LogP contribution is 2.35. The number of nitrogens with zero attached hydrogens (tertiary/aromatic N) is 1. The number of aromatic nitrogens is 1. The summed E-state index contributed by atoms with van der Waals surface area (Å²) in [5, 5.41) is 12.6. The summed E-state index contributed by atoms with van der Waals surface area (Å²) in [6.45, 7) is 3.83. The maximum Gasteiger partial charge on any atom is 0.227 e. The molecule has 2 rings (SSSR count). The predicted octanol–water partition coefficient (Wildman–Crippen LogP) is 3.99. The number of hydrogen-bond acceptors (Lipinski definition) is 4. The zero-order chi connectivity index (χ0) is 13.3. The first-order chi connectivity index (χ1) is 8.47. The summed E-state index contributed by atoms with van der Waals surface area (Å²) in [6.07, 6.45) is 0. The van der Waals surface area contributed by atoms with Crippen LogP contribution in [-0.4, -0.2) is 10.1 Å². The average Bonchev–Trinajstić information content (AvgIpc) is 2.65. The molecule has 0 saturated carbocycles. The fraction of sp³-hybridized carbons (Fsp3) is 0.250. The van der Waals surface area contributed by atoms with Crippen LogP contribution < -0.4 is 5.32 Å². The number of nitrogens with one attached hydrogen (secondary N) is 1. The highest BCUT2D eigenvalue weighted by atomic mass is 32.1. The van der Waals surface area contributed by atoms with Gasteiger partial charge in [0.25, 0.3) is 0 Å². The van der Waals surface area contributed by atoms with Crippen molar-refractivity contribution in [1.82, 2.24) is 4.98 Å². The van der Waals surface area contributed by atoms with Crippen LogP contribution >= 0.6 is 11.3 Å². The fourth-order valence-electron chi connectivity index (χ4n) is 1.46. The molecule has 0 unspecified atom stereocenters. The molecule has 1 aromatic heterocycles. The number of thiazole rings is 1. The lowest BCUT2D eigenvalue weighted by molar-refractivity contribution is 0.449. The largest absolute Gasteiger partial charge is 0.492 e. The Bertz CT molecular complexity index is 569. The molecule has 0 aliphatic heterocycles. The molecule has 0 radical (unpaired) electrons. The molecule has 1 aromatic carbocycles. The molecule has 0 atom stereocenters. The summed E-state index contributed by atoms with van der Waals surface area (Å²) in [7, 11) is 0. The Balaban J connectivity index is 2.29. The van der Waals surface area contributed by atoms with E-state index in [0.717, 1.165) is 18.2 Å². The van der Waals surface area contributed by atoms with E-state index in [1.165, 1.54) is 11.3 Å². The highest BCUT2D eigenvalue weighted by molar-refractivity contribution is 7.16. The van der Waals surface area contributed by atoms with E-state index in [2.05, 4.69) is 10.3 Å². The minimum absolute atomic E-state index is 0.000874. The molecule has 2 aromatic rings. The lowest BCUT2D eigenvalue weighted by Gasteiger charge is -2.03. The Kier molecular flexibility index (Phi) is 3.47. The van der Waals surface area contributed by atoms with E-state index in [1.54, 1.807) is 0 Å². The Morgan fingerprint density at radius 1 is 1.33 bits per heavy atom. The first kappa shape index (κ1) is 12.8. The molecule has 3 nitrogen and oxygen atoms in total. The average molecular weight is 270 g/mol. The van der Waals surface area contributed by atoms with Crippen molar-refractivity contribution in [3.63, 3.8) is 0 Å². The molecule has 0 aliphatic rings. The molecule has 96 valence electrons. The number of benzene rings is 1. The third-order valence-corrected chi connectivity index (χ3v) is 3.59. The van der Waals surface area contributed by atoms with E-state index in [9.17, 15) is 13.9 Å². The molecular weight excluding hydrogens is 258 g/mol. The number of anilines is 2. The SMILES string of the molecule is CC(C)c1sc(Nc2cc(F)ccc2F)nc1O. The van der Waals surface area contributed by atoms with Crippen LogP contribution in [0.2, 0.25) is 0 Å². The molecule has 0 aliphatic carbocycles. The van der Waals surface area contributed by atoms with Gasteiger partial charge in [0.2, 0.25) is 5.88 Å². The third-order valence-electron chi connectivity index (χ3n) is 2.33. The Morgan fingerprint density at radius 2 is 2.06 bits per heavy atom. The Labute approximate surface area is 107 Å². The van der Waals surface area contributed by atoms with Gasteiger partial charge in [-0.3, -0.25) is 0 Å². The van der Waals surface area contributed by atoms with E-state index < -0.39 is 11.6 Å². The van der Waals surface area contributed by atoms with Gasteiger partial charge in [-0.2, -0.15) is 4.98 Å². The number of halogens is 2. The maximum absolute atomic E-state index is 13.4. The summed E-state index contributed by atoms with van der Waals surface area (Å²) in [5.41, 5.74) is -0.000874. The molecule has 0 bridgehead atoms. The van der Waals surface area contributed by atoms with Gasteiger partial charge in [-0.25, -0.2) is 8.78 Å². The topological polar surface area (TPSA) is 45.2 Å². The van der Waals surface area contributed by atoms with Gasteiger partial charge in [-0.05, 0) is 18.1 Å². The van der Waals surface area contributed by atoms with Crippen LogP contribution in [0.25, 0.3) is 0 Å². The van der Waals surface area contributed by atoms with E-state index in [1.807, 2.05) is 13.8 Å². The van der Waals surface area contributed by atoms with Gasteiger partial charge < -0.3 is 10.4 Å². The van der Waals surface area contributed by atoms with Crippen LogP contribution in [0.5, 0.6) is 5.88 Å². The molecule has 0 fully saturated rings. The summed E-state index contributed by atoms with van der Waals surface area (Å²) in [6, 6.07) is 3.12. The van der Waals surface area contributed by atoms with Crippen molar-refractivity contribution in [1.29, 1.82) is 0 Å². The van der Waals surface area contributed by atoms with E-state index in [-0.39, 0.29) is 17.5 Å². The van der Waals surface area contributed by atoms with Gasteiger partial charge in [0, 0.05) is 6.07 Å². The molecule has 0 amide bonds. The van der Waals surface area contributed by atoms with Crippen LogP contribution in [0.15, 0.2) is 18.2 Å². The summed E-state index contributed by atoms with van der Waals surface area (Å²) < 4.78 is 26.4. The maximum atomic E-state index is 13.4. The molecule has 1 heterocycles. The van der Waals surface area contributed by atoms with Crippen molar-refractivity contribution in [2.75, 3.05) is 5.32 Å². The monoisotopic (exact) mass is 270 g/mol. The Hall–Kier alpha value is -1.69. The van der Waals surface area contributed by atoms with Crippen LogP contribution in [-0.2, 0) is 0 Å². The van der Waals surface area contributed by atoms with Crippen molar-refractivity contribution in [3.8, 4) is 5.88 Å². The second kappa shape index (κ2) is 4.89. The molecule has 6 heteroatoms. The van der Waals surface area contributed by atoms with Crippen LogP contribution in [0.4, 0.5) is 19.6 Å². The first-order valence-electron chi connectivity index (χ1n) is 5.39. The first-order valence-corrected chi connectivity index (χ1v) is 6.20. The predicted molar refractivity (Wildman–Crippen MR) is 67.5 cm³/mol. The molecule has 2 N–H and O–H groups in total. The number of aromatic hydroxyl groups is 1. The number of hydrogen-bond donors (Lipinski definition) is 2. The lowest BCUT2D eigenvalue weighted by Crippen LogP contribution is -1.93. The molecular formula is C12H12F2N2OS. The second-order valence-corrected chi connectivity index (χ2v) is 5.14. The number of rotatable bonds is 3. The van der Waals surface area contributed by atoms with Gasteiger partial charge in [0.15, 0.2) is 5.13 Å². The van der Waals surface area contributed by atoms with Crippen LogP contribution in [0.3, 0.4) is 0 Å². The fourth-order valence-corrected chi connectivity index (χ4v) is 2.34. The van der Waals surface area contributed by atoms with Crippen molar-refractivity contribution in [3.05, 3.63) is 34.7 Å². The lowest BCUT2D eigenvalue weighted by atomic mass is 10.2. The van der Waals surface area contributed by atoms with E-state index >= 15 is 0 Å². The highest BCUT2D eigenvalue weighted by Gasteiger charge is 2.14. The van der Waals surface area contributed by atoms with E-state index in [4.69, 9.17) is 0 Å². The third kappa shape index (κ3) is 2.59. The van der Waals surface area contributed by atoms with Gasteiger partial charge in [0.1, 0.15) is 11.6 Å². The normalized spacial score (nSPS) is 10.9. The van der Waals surface area contributed by atoms with Crippen molar-refractivity contribution in [2.24, 2.45) is 0 Å². The van der Waals surface area contributed by atoms with Crippen molar-refractivity contribution in [2.45, 2.75) is 19.8 Å². The summed E-state index contributed by atoms with van der Waals surface area (Å²) in [4.78, 5) is 4.57. The van der Waals surface area contributed by atoms with Gasteiger partial charge in [-0.1, -0.05) is 25.2 Å². The van der Waals surface area contributed by atoms with E-state index in [0.29, 0.717) is 10.0 Å². The Morgan fingerprint density at radius 3 is 2.67 bits per heavy atom. The minimum Gasteiger partial charge on any atom is -0.492 e.